The summed E-state index contributed by atoms with van der Waals surface area (Å²) >= 11 is 5.51. The molecule has 1 rings (SSSR count). The van der Waals surface area contributed by atoms with Gasteiger partial charge in [0.05, 0.1) is 0 Å². The third-order valence-electron chi connectivity index (χ3n) is 1.65. The van der Waals surface area contributed by atoms with E-state index in [1.807, 2.05) is 25.8 Å². The molecule has 0 fully saturated rings. The second-order valence-electron chi connectivity index (χ2n) is 2.82. The monoisotopic (exact) mass is 189 g/mol. The Morgan fingerprint density at radius 1 is 1.50 bits per heavy atom. The molecule has 0 atom stereocenters. The molecule has 12 heavy (non-hydrogen) atoms. The summed E-state index contributed by atoms with van der Waals surface area (Å²) in [6, 6.07) is 0.856. The molecule has 0 N–H and O–H groups in total. The van der Waals surface area contributed by atoms with Crippen molar-refractivity contribution in [3.8, 4) is 0 Å². The van der Waals surface area contributed by atoms with Crippen molar-refractivity contribution in [2.24, 2.45) is 0 Å². The molecule has 0 aliphatic carbocycles. The maximum atomic E-state index is 5.51. The third kappa shape index (κ3) is 1.88. The lowest BCUT2D eigenvalue weighted by Crippen LogP contribution is -2.25. The summed E-state index contributed by atoms with van der Waals surface area (Å²) in [5.41, 5.74) is 0. The molecule has 4 nitrogen and oxygen atoms in total. The van der Waals surface area contributed by atoms with E-state index >= 15 is 0 Å². The second-order valence-corrected chi connectivity index (χ2v) is 3.08. The van der Waals surface area contributed by atoms with E-state index in [4.69, 9.17) is 16.0 Å². The number of halogens is 1. The molecule has 68 valence electrons. The van der Waals surface area contributed by atoms with E-state index in [1.165, 1.54) is 0 Å². The molecule has 0 bridgehead atoms. The predicted octanol–water partition coefficient (Wildman–Crippen LogP) is 1.65. The fourth-order valence-electron chi connectivity index (χ4n) is 0.662. The second kappa shape index (κ2) is 3.76. The van der Waals surface area contributed by atoms with E-state index in [-0.39, 0.29) is 5.88 Å². The summed E-state index contributed by atoms with van der Waals surface area (Å²) in [4.78, 5) is 1.89. The van der Waals surface area contributed by atoms with Crippen LogP contribution in [0.2, 0.25) is 0 Å². The topological polar surface area (TPSA) is 42.2 Å². The average Bonchev–Trinajstić information content (AvgIpc) is 2.50. The minimum absolute atomic E-state index is 0.263. The highest BCUT2D eigenvalue weighted by Gasteiger charge is 2.11. The molecule has 1 heterocycles. The van der Waals surface area contributed by atoms with Gasteiger partial charge in [-0.15, -0.1) is 16.7 Å². The van der Waals surface area contributed by atoms with Crippen molar-refractivity contribution in [1.29, 1.82) is 0 Å². The van der Waals surface area contributed by atoms with Crippen molar-refractivity contribution in [2.75, 3.05) is 11.9 Å². The molecule has 0 aliphatic rings. The zero-order chi connectivity index (χ0) is 9.14. The first kappa shape index (κ1) is 9.32. The van der Waals surface area contributed by atoms with Crippen LogP contribution in [-0.2, 0) is 5.88 Å². The van der Waals surface area contributed by atoms with Crippen LogP contribution in [0.1, 0.15) is 19.7 Å². The molecule has 1 aromatic heterocycles. The standard InChI is InChI=1S/C7H12ClN3O/c1-5(2)11(3)7-10-9-6(4-8)12-7/h5H,4H2,1-3H3. The molecular weight excluding hydrogens is 178 g/mol. The summed E-state index contributed by atoms with van der Waals surface area (Å²) in [7, 11) is 1.90. The van der Waals surface area contributed by atoms with Gasteiger partial charge in [-0.3, -0.25) is 0 Å². The van der Waals surface area contributed by atoms with Gasteiger partial charge in [-0.05, 0) is 13.8 Å². The molecule has 0 saturated heterocycles. The van der Waals surface area contributed by atoms with Crippen LogP contribution in [0.3, 0.4) is 0 Å². The molecule has 0 saturated carbocycles. The largest absolute Gasteiger partial charge is 0.407 e. The molecule has 0 aliphatic heterocycles. The van der Waals surface area contributed by atoms with E-state index in [0.717, 1.165) is 0 Å². The van der Waals surface area contributed by atoms with Gasteiger partial charge in [0.25, 0.3) is 0 Å². The highest BCUT2D eigenvalue weighted by molar-refractivity contribution is 6.16. The highest BCUT2D eigenvalue weighted by atomic mass is 35.5. The zero-order valence-corrected chi connectivity index (χ0v) is 8.17. The first-order valence-electron chi connectivity index (χ1n) is 3.76. The average molecular weight is 190 g/mol. The number of nitrogens with zero attached hydrogens (tertiary/aromatic N) is 3. The quantitative estimate of drug-likeness (QED) is 0.679. The van der Waals surface area contributed by atoms with E-state index in [9.17, 15) is 0 Å². The fourth-order valence-corrected chi connectivity index (χ4v) is 0.770. The number of alkyl halides is 1. The highest BCUT2D eigenvalue weighted by Crippen LogP contribution is 2.13. The lowest BCUT2D eigenvalue weighted by Gasteiger charge is -2.17. The van der Waals surface area contributed by atoms with Gasteiger partial charge in [-0.1, -0.05) is 5.10 Å². The van der Waals surface area contributed by atoms with Crippen molar-refractivity contribution >= 4 is 17.6 Å². The molecule has 5 heteroatoms. The number of anilines is 1. The van der Waals surface area contributed by atoms with Crippen LogP contribution in [0.15, 0.2) is 4.42 Å². The van der Waals surface area contributed by atoms with Gasteiger partial charge in [0, 0.05) is 13.1 Å². The van der Waals surface area contributed by atoms with Gasteiger partial charge in [0.15, 0.2) is 0 Å². The van der Waals surface area contributed by atoms with Crippen molar-refractivity contribution < 1.29 is 4.42 Å². The van der Waals surface area contributed by atoms with Crippen molar-refractivity contribution in [2.45, 2.75) is 25.8 Å². The van der Waals surface area contributed by atoms with Crippen LogP contribution in [0.4, 0.5) is 6.01 Å². The van der Waals surface area contributed by atoms with Gasteiger partial charge in [0.2, 0.25) is 5.89 Å². The van der Waals surface area contributed by atoms with E-state index < -0.39 is 0 Å². The minimum Gasteiger partial charge on any atom is -0.407 e. The SMILES string of the molecule is CC(C)N(C)c1nnc(CCl)o1. The summed E-state index contributed by atoms with van der Waals surface area (Å²) in [5.74, 6) is 0.720. The minimum atomic E-state index is 0.263. The maximum absolute atomic E-state index is 5.51. The lowest BCUT2D eigenvalue weighted by molar-refractivity contribution is 0.496. The first-order valence-corrected chi connectivity index (χ1v) is 4.29. The van der Waals surface area contributed by atoms with Gasteiger partial charge in [0.1, 0.15) is 5.88 Å². The van der Waals surface area contributed by atoms with Gasteiger partial charge in [-0.2, -0.15) is 0 Å². The molecular formula is C7H12ClN3O. The lowest BCUT2D eigenvalue weighted by atomic mass is 10.4. The summed E-state index contributed by atoms with van der Waals surface area (Å²) < 4.78 is 5.23. The van der Waals surface area contributed by atoms with Crippen LogP contribution >= 0.6 is 11.6 Å². The van der Waals surface area contributed by atoms with Crippen molar-refractivity contribution in [1.82, 2.24) is 10.2 Å². The van der Waals surface area contributed by atoms with Crippen LogP contribution in [-0.4, -0.2) is 23.3 Å². The van der Waals surface area contributed by atoms with Gasteiger partial charge >= 0.3 is 6.01 Å². The first-order chi connectivity index (χ1) is 5.65. The summed E-state index contributed by atoms with van der Waals surface area (Å²) in [6.07, 6.45) is 0. The summed E-state index contributed by atoms with van der Waals surface area (Å²) in [6.45, 7) is 4.09. The molecule has 0 unspecified atom stereocenters. The Bertz CT molecular complexity index is 249. The number of hydrogen-bond acceptors (Lipinski definition) is 4. The van der Waals surface area contributed by atoms with E-state index in [0.29, 0.717) is 17.9 Å². The Morgan fingerprint density at radius 2 is 2.17 bits per heavy atom. The Morgan fingerprint density at radius 3 is 2.58 bits per heavy atom. The Balaban J connectivity index is 2.74. The zero-order valence-electron chi connectivity index (χ0n) is 7.41. The molecule has 0 radical (unpaired) electrons. The van der Waals surface area contributed by atoms with Crippen LogP contribution in [0.25, 0.3) is 0 Å². The number of hydrogen-bond donors (Lipinski definition) is 0. The predicted molar refractivity (Wildman–Crippen MR) is 47.4 cm³/mol. The van der Waals surface area contributed by atoms with Gasteiger partial charge in [-0.25, -0.2) is 0 Å². The van der Waals surface area contributed by atoms with Gasteiger partial charge < -0.3 is 9.32 Å². The van der Waals surface area contributed by atoms with Crippen molar-refractivity contribution in [3.63, 3.8) is 0 Å². The molecule has 0 amide bonds. The van der Waals surface area contributed by atoms with Crippen LogP contribution in [0, 0.1) is 0 Å². The third-order valence-corrected chi connectivity index (χ3v) is 1.88. The summed E-state index contributed by atoms with van der Waals surface area (Å²) in [5, 5.41) is 7.58. The van der Waals surface area contributed by atoms with Crippen molar-refractivity contribution in [3.05, 3.63) is 5.89 Å². The number of rotatable bonds is 3. The molecule has 1 aromatic rings. The van der Waals surface area contributed by atoms with Crippen LogP contribution in [0.5, 0.6) is 0 Å². The maximum Gasteiger partial charge on any atom is 0.318 e. The molecule has 0 aromatic carbocycles. The number of aromatic nitrogens is 2. The smallest absolute Gasteiger partial charge is 0.318 e. The Labute approximate surface area is 76.5 Å². The van der Waals surface area contributed by atoms with E-state index in [2.05, 4.69) is 10.2 Å². The molecule has 0 spiro atoms. The normalized spacial score (nSPS) is 10.8. The fraction of sp³-hybridized carbons (Fsp3) is 0.714. The Kier molecular flexibility index (Phi) is 2.92. The van der Waals surface area contributed by atoms with E-state index in [1.54, 1.807) is 0 Å². The Hall–Kier alpha value is -0.770. The van der Waals surface area contributed by atoms with Crippen LogP contribution < -0.4 is 4.90 Å².